The molecule has 0 atom stereocenters. The van der Waals surface area contributed by atoms with Crippen molar-refractivity contribution in [1.82, 2.24) is 19.9 Å². The van der Waals surface area contributed by atoms with E-state index in [1.54, 1.807) is 0 Å². The molecular formula is C7H8Cl2N4. The third-order valence-corrected chi connectivity index (χ3v) is 1.66. The van der Waals surface area contributed by atoms with Crippen molar-refractivity contribution < 1.29 is 0 Å². The largest absolute Gasteiger partial charge is 0.341 e. The van der Waals surface area contributed by atoms with Gasteiger partial charge in [0.05, 0.1) is 6.33 Å². The van der Waals surface area contributed by atoms with Crippen LogP contribution in [-0.2, 0) is 0 Å². The molecule has 0 spiro atoms. The Hall–Kier alpha value is -0.870. The van der Waals surface area contributed by atoms with Gasteiger partial charge < -0.3 is 4.98 Å². The first-order valence-corrected chi connectivity index (χ1v) is 4.55. The Balaban J connectivity index is 0.000000396. The predicted molar refractivity (Wildman–Crippen MR) is 53.1 cm³/mol. The molecule has 0 aliphatic carbocycles. The lowest BCUT2D eigenvalue weighted by Crippen LogP contribution is -1.84. The molecule has 0 bridgehead atoms. The van der Waals surface area contributed by atoms with Crippen LogP contribution in [0.2, 0.25) is 10.4 Å². The number of hydrogen-bond donors (Lipinski definition) is 1. The molecule has 2 heterocycles. The summed E-state index contributed by atoms with van der Waals surface area (Å²) in [6, 6.07) is 0. The summed E-state index contributed by atoms with van der Waals surface area (Å²) in [6.45, 7) is 4.00. The molecule has 1 N–H and O–H groups in total. The quantitative estimate of drug-likeness (QED) is 0.547. The zero-order chi connectivity index (χ0) is 9.84. The molecule has 0 unspecified atom stereocenters. The average molecular weight is 219 g/mol. The standard InChI is InChI=1S/C5H2Cl2N4.C2H6/c6-3-2-4(9-1-8-2)11-5(7)10-3;1-2/h1H,(H,8,9,10,11);1-2H3. The van der Waals surface area contributed by atoms with Gasteiger partial charge in [-0.15, -0.1) is 0 Å². The fraction of sp³-hybridized carbons (Fsp3) is 0.286. The zero-order valence-electron chi connectivity index (χ0n) is 7.17. The normalized spacial score (nSPS) is 9.54. The molecule has 70 valence electrons. The van der Waals surface area contributed by atoms with E-state index < -0.39 is 0 Å². The highest BCUT2D eigenvalue weighted by Crippen LogP contribution is 2.17. The number of fused-ring (bicyclic) bond motifs is 1. The Morgan fingerprint density at radius 1 is 1.23 bits per heavy atom. The van der Waals surface area contributed by atoms with Gasteiger partial charge in [-0.05, 0) is 11.6 Å². The molecule has 0 saturated heterocycles. The first-order valence-electron chi connectivity index (χ1n) is 3.79. The van der Waals surface area contributed by atoms with Crippen LogP contribution in [0.3, 0.4) is 0 Å². The minimum atomic E-state index is 0.106. The number of rotatable bonds is 0. The van der Waals surface area contributed by atoms with Gasteiger partial charge in [0.2, 0.25) is 5.28 Å². The molecule has 0 saturated carbocycles. The summed E-state index contributed by atoms with van der Waals surface area (Å²) >= 11 is 11.2. The van der Waals surface area contributed by atoms with Crippen LogP contribution in [0.25, 0.3) is 11.2 Å². The highest BCUT2D eigenvalue weighted by molar-refractivity contribution is 6.35. The summed E-state index contributed by atoms with van der Waals surface area (Å²) in [5, 5.41) is 0.395. The van der Waals surface area contributed by atoms with Crippen molar-refractivity contribution in [2.45, 2.75) is 13.8 Å². The monoisotopic (exact) mass is 218 g/mol. The number of imidazole rings is 1. The van der Waals surface area contributed by atoms with Crippen molar-refractivity contribution in [2.75, 3.05) is 0 Å². The van der Waals surface area contributed by atoms with Gasteiger partial charge in [0.25, 0.3) is 0 Å². The van der Waals surface area contributed by atoms with Crippen molar-refractivity contribution >= 4 is 34.4 Å². The number of aromatic amines is 1. The predicted octanol–water partition coefficient (Wildman–Crippen LogP) is 2.69. The molecule has 2 rings (SSSR count). The van der Waals surface area contributed by atoms with Crippen LogP contribution in [0.1, 0.15) is 13.8 Å². The Labute approximate surface area is 85.3 Å². The van der Waals surface area contributed by atoms with Gasteiger partial charge in [0.1, 0.15) is 5.52 Å². The van der Waals surface area contributed by atoms with Crippen LogP contribution >= 0.6 is 23.2 Å². The third kappa shape index (κ3) is 2.08. The summed E-state index contributed by atoms with van der Waals surface area (Å²) < 4.78 is 0. The highest BCUT2D eigenvalue weighted by atomic mass is 35.5. The van der Waals surface area contributed by atoms with Gasteiger partial charge >= 0.3 is 0 Å². The van der Waals surface area contributed by atoms with Crippen molar-refractivity contribution in [1.29, 1.82) is 0 Å². The van der Waals surface area contributed by atoms with Crippen molar-refractivity contribution in [2.24, 2.45) is 0 Å². The first kappa shape index (κ1) is 10.2. The van der Waals surface area contributed by atoms with E-state index in [4.69, 9.17) is 23.2 Å². The lowest BCUT2D eigenvalue weighted by molar-refractivity contribution is 1.20. The van der Waals surface area contributed by atoms with E-state index in [9.17, 15) is 0 Å². The second-order valence-electron chi connectivity index (χ2n) is 1.88. The Bertz CT molecular complexity index is 398. The van der Waals surface area contributed by atoms with Crippen LogP contribution in [-0.4, -0.2) is 19.9 Å². The maximum absolute atomic E-state index is 5.70. The molecule has 0 aromatic carbocycles. The topological polar surface area (TPSA) is 54.5 Å². The molecular weight excluding hydrogens is 211 g/mol. The molecule has 4 nitrogen and oxygen atoms in total. The van der Waals surface area contributed by atoms with E-state index in [0.29, 0.717) is 11.2 Å². The van der Waals surface area contributed by atoms with E-state index >= 15 is 0 Å². The molecule has 0 radical (unpaired) electrons. The smallest absolute Gasteiger partial charge is 0.225 e. The van der Waals surface area contributed by atoms with Crippen LogP contribution in [0.4, 0.5) is 0 Å². The summed E-state index contributed by atoms with van der Waals surface area (Å²) in [7, 11) is 0. The minimum absolute atomic E-state index is 0.106. The number of nitrogens with zero attached hydrogens (tertiary/aromatic N) is 3. The average Bonchev–Trinajstić information content (AvgIpc) is 2.55. The van der Waals surface area contributed by atoms with Crippen LogP contribution in [0, 0.1) is 0 Å². The molecule has 2 aromatic heterocycles. The van der Waals surface area contributed by atoms with Gasteiger partial charge in [-0.2, -0.15) is 4.98 Å². The summed E-state index contributed by atoms with van der Waals surface area (Å²) in [6.07, 6.45) is 1.49. The molecule has 0 aliphatic heterocycles. The highest BCUT2D eigenvalue weighted by Gasteiger charge is 2.04. The van der Waals surface area contributed by atoms with Crippen LogP contribution in [0.5, 0.6) is 0 Å². The van der Waals surface area contributed by atoms with Gasteiger partial charge in [0, 0.05) is 0 Å². The van der Waals surface area contributed by atoms with Gasteiger partial charge in [-0.1, -0.05) is 25.4 Å². The van der Waals surface area contributed by atoms with E-state index in [0.717, 1.165) is 0 Å². The molecule has 13 heavy (non-hydrogen) atoms. The Morgan fingerprint density at radius 2 is 1.92 bits per heavy atom. The fourth-order valence-electron chi connectivity index (χ4n) is 0.773. The lowest BCUT2D eigenvalue weighted by Gasteiger charge is -1.90. The van der Waals surface area contributed by atoms with E-state index in [1.165, 1.54) is 6.33 Å². The number of halogens is 2. The maximum atomic E-state index is 5.70. The Kier molecular flexibility index (Phi) is 3.45. The molecule has 0 aliphatic rings. The maximum Gasteiger partial charge on any atom is 0.225 e. The number of H-pyrrole nitrogens is 1. The molecule has 6 heteroatoms. The SMILES string of the molecule is CC.Clc1nc(Cl)c2[nH]cnc2n1. The van der Waals surface area contributed by atoms with Crippen molar-refractivity contribution in [3.8, 4) is 0 Å². The summed E-state index contributed by atoms with van der Waals surface area (Å²) in [5.41, 5.74) is 1.09. The third-order valence-electron chi connectivity index (χ3n) is 1.21. The Morgan fingerprint density at radius 3 is 2.62 bits per heavy atom. The summed E-state index contributed by atoms with van der Waals surface area (Å²) in [5.74, 6) is 0. The van der Waals surface area contributed by atoms with Gasteiger partial charge in [-0.3, -0.25) is 0 Å². The second kappa shape index (κ2) is 4.39. The van der Waals surface area contributed by atoms with E-state index in [1.807, 2.05) is 13.8 Å². The van der Waals surface area contributed by atoms with Crippen molar-refractivity contribution in [3.63, 3.8) is 0 Å². The van der Waals surface area contributed by atoms with Crippen LogP contribution in [0.15, 0.2) is 6.33 Å². The lowest BCUT2D eigenvalue weighted by atomic mass is 10.6. The fourth-order valence-corrected chi connectivity index (χ4v) is 1.20. The molecule has 0 fully saturated rings. The first-order chi connectivity index (χ1) is 6.27. The number of aromatic nitrogens is 4. The molecule has 0 amide bonds. The van der Waals surface area contributed by atoms with Crippen molar-refractivity contribution in [3.05, 3.63) is 16.8 Å². The van der Waals surface area contributed by atoms with Crippen LogP contribution < -0.4 is 0 Å². The number of nitrogens with one attached hydrogen (secondary N) is 1. The second-order valence-corrected chi connectivity index (χ2v) is 2.58. The van der Waals surface area contributed by atoms with Gasteiger partial charge in [0.15, 0.2) is 10.8 Å². The van der Waals surface area contributed by atoms with E-state index in [2.05, 4.69) is 19.9 Å². The number of hydrogen-bond acceptors (Lipinski definition) is 3. The minimum Gasteiger partial charge on any atom is -0.341 e. The van der Waals surface area contributed by atoms with E-state index in [-0.39, 0.29) is 10.4 Å². The molecule has 2 aromatic rings. The van der Waals surface area contributed by atoms with Gasteiger partial charge in [-0.25, -0.2) is 9.97 Å². The zero-order valence-corrected chi connectivity index (χ0v) is 8.69. The summed E-state index contributed by atoms with van der Waals surface area (Å²) in [4.78, 5) is 14.2.